The quantitative estimate of drug-likeness (QED) is 0.337. The first-order valence-electron chi connectivity index (χ1n) is 11.1. The molecule has 0 radical (unpaired) electrons. The summed E-state index contributed by atoms with van der Waals surface area (Å²) in [6, 6.07) is 4.74. The highest BCUT2D eigenvalue weighted by molar-refractivity contribution is 7.89. The molecule has 0 aliphatic rings. The van der Waals surface area contributed by atoms with Crippen LogP contribution >= 0.6 is 0 Å². The van der Waals surface area contributed by atoms with E-state index in [2.05, 4.69) is 19.8 Å². The minimum absolute atomic E-state index is 0.0258. The van der Waals surface area contributed by atoms with Gasteiger partial charge >= 0.3 is 0 Å². The van der Waals surface area contributed by atoms with Crippen LogP contribution in [0.15, 0.2) is 27.9 Å². The zero-order valence-corrected chi connectivity index (χ0v) is 20.0. The van der Waals surface area contributed by atoms with Crippen LogP contribution in [0.3, 0.4) is 0 Å². The number of benzene rings is 1. The van der Waals surface area contributed by atoms with E-state index in [1.54, 1.807) is 17.5 Å². The van der Waals surface area contributed by atoms with Crippen molar-refractivity contribution in [3.8, 4) is 11.4 Å². The first-order valence-corrected chi connectivity index (χ1v) is 12.6. The van der Waals surface area contributed by atoms with E-state index in [4.69, 9.17) is 9.84 Å². The van der Waals surface area contributed by atoms with Gasteiger partial charge in [-0.15, -0.1) is 5.10 Å². The van der Waals surface area contributed by atoms with Gasteiger partial charge in [0, 0.05) is 31.7 Å². The number of sulfonamides is 1. The average molecular weight is 478 g/mol. The van der Waals surface area contributed by atoms with Crippen molar-refractivity contribution in [1.29, 1.82) is 0 Å². The Kier molecular flexibility index (Phi) is 8.35. The molecule has 0 saturated carbocycles. The molecule has 3 aromatic rings. The number of rotatable bonds is 12. The first kappa shape index (κ1) is 25.0. The summed E-state index contributed by atoms with van der Waals surface area (Å²) in [5.74, 6) is 0.955. The van der Waals surface area contributed by atoms with E-state index >= 15 is 0 Å². The number of aromatic amines is 1. The summed E-state index contributed by atoms with van der Waals surface area (Å²) in [6.45, 7) is 6.50. The van der Waals surface area contributed by atoms with Gasteiger partial charge in [0.1, 0.15) is 5.82 Å². The van der Waals surface area contributed by atoms with Gasteiger partial charge in [-0.05, 0) is 50.8 Å². The standard InChI is InChI=1S/C22H31N5O5S/c1-4-7-19-24-15(3)20-22(29)25-21(26-27(19)20)18-14-17(33(30,31)23-11-12-28)10-9-16(18)8-6-13-32-5-2/h9-10,14,23,28H,4-8,11-13H2,1-3H3,(H,25,26,29). The third-order valence-corrected chi connectivity index (χ3v) is 6.66. The second-order valence-electron chi connectivity index (χ2n) is 7.67. The Hall–Kier alpha value is -2.60. The Morgan fingerprint density at radius 1 is 1.24 bits per heavy atom. The van der Waals surface area contributed by atoms with Crippen molar-refractivity contribution in [3.05, 3.63) is 45.6 Å². The third-order valence-electron chi connectivity index (χ3n) is 5.21. The van der Waals surface area contributed by atoms with Crippen molar-refractivity contribution in [1.82, 2.24) is 24.3 Å². The van der Waals surface area contributed by atoms with Gasteiger partial charge in [0.05, 0.1) is 17.2 Å². The van der Waals surface area contributed by atoms with Crippen LogP contribution in [0.4, 0.5) is 0 Å². The Bertz CT molecular complexity index is 1270. The molecule has 1 aromatic carbocycles. The second kappa shape index (κ2) is 11.0. The summed E-state index contributed by atoms with van der Waals surface area (Å²) >= 11 is 0. The van der Waals surface area contributed by atoms with Gasteiger partial charge in [-0.3, -0.25) is 4.79 Å². The van der Waals surface area contributed by atoms with Gasteiger partial charge in [0.15, 0.2) is 11.3 Å². The first-order chi connectivity index (χ1) is 15.8. The molecule has 0 unspecified atom stereocenters. The molecular weight excluding hydrogens is 446 g/mol. The lowest BCUT2D eigenvalue weighted by Gasteiger charge is -2.13. The molecule has 0 bridgehead atoms. The van der Waals surface area contributed by atoms with E-state index in [0.29, 0.717) is 48.7 Å². The Morgan fingerprint density at radius 2 is 2.03 bits per heavy atom. The Morgan fingerprint density at radius 3 is 2.73 bits per heavy atom. The number of fused-ring (bicyclic) bond motifs is 1. The Labute approximate surface area is 193 Å². The maximum absolute atomic E-state index is 12.9. The number of aliphatic hydroxyl groups excluding tert-OH is 1. The van der Waals surface area contributed by atoms with Gasteiger partial charge < -0.3 is 14.8 Å². The molecule has 0 amide bonds. The molecule has 0 spiro atoms. The second-order valence-corrected chi connectivity index (χ2v) is 9.43. The largest absolute Gasteiger partial charge is 0.395 e. The highest BCUT2D eigenvalue weighted by Crippen LogP contribution is 2.25. The van der Waals surface area contributed by atoms with Crippen molar-refractivity contribution in [2.24, 2.45) is 0 Å². The molecule has 3 N–H and O–H groups in total. The summed E-state index contributed by atoms with van der Waals surface area (Å²) in [7, 11) is -3.84. The van der Waals surface area contributed by atoms with Crippen LogP contribution < -0.4 is 10.3 Å². The number of aryl methyl sites for hydroxylation is 3. The van der Waals surface area contributed by atoms with E-state index in [0.717, 1.165) is 18.4 Å². The molecule has 33 heavy (non-hydrogen) atoms. The fraction of sp³-hybridized carbons (Fsp3) is 0.500. The van der Waals surface area contributed by atoms with Crippen molar-refractivity contribution in [2.45, 2.75) is 51.3 Å². The predicted octanol–water partition coefficient (Wildman–Crippen LogP) is 1.59. The van der Waals surface area contributed by atoms with Crippen molar-refractivity contribution >= 4 is 15.5 Å². The van der Waals surface area contributed by atoms with Crippen molar-refractivity contribution in [2.75, 3.05) is 26.4 Å². The number of imidazole rings is 1. The molecule has 180 valence electrons. The molecule has 0 atom stereocenters. The van der Waals surface area contributed by atoms with Crippen LogP contribution in [0.1, 0.15) is 43.8 Å². The topological polar surface area (TPSA) is 139 Å². The van der Waals surface area contributed by atoms with Crippen LogP contribution in [0.2, 0.25) is 0 Å². The van der Waals surface area contributed by atoms with Gasteiger partial charge in [-0.25, -0.2) is 22.6 Å². The summed E-state index contributed by atoms with van der Waals surface area (Å²) in [5, 5.41) is 13.6. The number of aromatic nitrogens is 4. The number of nitrogens with one attached hydrogen (secondary N) is 2. The summed E-state index contributed by atoms with van der Waals surface area (Å²) in [5.41, 5.74) is 2.01. The number of hydrogen-bond donors (Lipinski definition) is 3. The lowest BCUT2D eigenvalue weighted by molar-refractivity contribution is 0.145. The average Bonchev–Trinajstić information content (AvgIpc) is 3.11. The number of nitrogens with zero attached hydrogens (tertiary/aromatic N) is 3. The highest BCUT2D eigenvalue weighted by Gasteiger charge is 2.20. The van der Waals surface area contributed by atoms with E-state index < -0.39 is 10.0 Å². The zero-order chi connectivity index (χ0) is 24.0. The molecule has 0 aliphatic carbocycles. The third kappa shape index (κ3) is 5.67. The lowest BCUT2D eigenvalue weighted by atomic mass is 10.0. The van der Waals surface area contributed by atoms with Gasteiger partial charge in [0.2, 0.25) is 10.0 Å². The molecule has 2 heterocycles. The molecule has 0 saturated heterocycles. The number of ether oxygens (including phenoxy) is 1. The SMILES string of the molecule is CCCc1nc(C)c2c(=O)[nH]c(-c3cc(S(=O)(=O)NCCO)ccc3CCCOCC)nn12. The predicted molar refractivity (Wildman–Crippen MR) is 125 cm³/mol. The monoisotopic (exact) mass is 477 g/mol. The van der Waals surface area contributed by atoms with Gasteiger partial charge in [0.25, 0.3) is 5.56 Å². The van der Waals surface area contributed by atoms with Crippen LogP contribution in [0.25, 0.3) is 16.9 Å². The minimum Gasteiger partial charge on any atom is -0.395 e. The summed E-state index contributed by atoms with van der Waals surface area (Å²) in [4.78, 5) is 20.2. The normalized spacial score (nSPS) is 12.0. The Balaban J connectivity index is 2.15. The summed E-state index contributed by atoms with van der Waals surface area (Å²) in [6.07, 6.45) is 2.85. The molecular formula is C22H31N5O5S. The molecule has 11 heteroatoms. The maximum atomic E-state index is 12.9. The van der Waals surface area contributed by atoms with Crippen LogP contribution in [-0.4, -0.2) is 59.5 Å². The van der Waals surface area contributed by atoms with Crippen molar-refractivity contribution in [3.63, 3.8) is 0 Å². The summed E-state index contributed by atoms with van der Waals surface area (Å²) < 4.78 is 34.7. The zero-order valence-electron chi connectivity index (χ0n) is 19.2. The minimum atomic E-state index is -3.84. The van der Waals surface area contributed by atoms with Gasteiger partial charge in [-0.1, -0.05) is 13.0 Å². The lowest BCUT2D eigenvalue weighted by Crippen LogP contribution is -2.26. The maximum Gasteiger partial charge on any atom is 0.277 e. The molecule has 10 nitrogen and oxygen atoms in total. The van der Waals surface area contributed by atoms with Crippen molar-refractivity contribution < 1.29 is 18.3 Å². The van der Waals surface area contributed by atoms with Crippen LogP contribution in [0, 0.1) is 6.92 Å². The van der Waals surface area contributed by atoms with Crippen LogP contribution in [-0.2, 0) is 27.6 Å². The van der Waals surface area contributed by atoms with E-state index in [1.165, 1.54) is 12.1 Å². The molecule has 2 aromatic heterocycles. The fourth-order valence-electron chi connectivity index (χ4n) is 3.68. The van der Waals surface area contributed by atoms with Crippen LogP contribution in [0.5, 0.6) is 0 Å². The van der Waals surface area contributed by atoms with E-state index in [1.807, 2.05) is 13.8 Å². The number of hydrogen-bond acceptors (Lipinski definition) is 7. The van der Waals surface area contributed by atoms with E-state index in [-0.39, 0.29) is 29.4 Å². The number of aliphatic hydroxyl groups is 1. The highest BCUT2D eigenvalue weighted by atomic mass is 32.2. The smallest absolute Gasteiger partial charge is 0.277 e. The number of H-pyrrole nitrogens is 1. The molecule has 0 fully saturated rings. The molecule has 3 rings (SSSR count). The fourth-order valence-corrected chi connectivity index (χ4v) is 4.72. The molecule has 0 aliphatic heterocycles. The van der Waals surface area contributed by atoms with E-state index in [9.17, 15) is 13.2 Å². The van der Waals surface area contributed by atoms with Gasteiger partial charge in [-0.2, -0.15) is 0 Å².